The Labute approximate surface area is 74.0 Å². The Morgan fingerprint density at radius 2 is 2.25 bits per heavy atom. The number of benzene rings is 1. The Hall–Kier alpha value is -0.955. The summed E-state index contributed by atoms with van der Waals surface area (Å²) in [5.74, 6) is 0. The Kier molecular flexibility index (Phi) is 3.17. The Morgan fingerprint density at radius 1 is 1.50 bits per heavy atom. The second-order valence-electron chi connectivity index (χ2n) is 2.72. The van der Waals surface area contributed by atoms with Gasteiger partial charge in [-0.25, -0.2) is 0 Å². The van der Waals surface area contributed by atoms with Gasteiger partial charge in [-0.3, -0.25) is 0 Å². The molecule has 0 aliphatic rings. The van der Waals surface area contributed by atoms with Crippen molar-refractivity contribution in [3.8, 4) is 0 Å². The summed E-state index contributed by atoms with van der Waals surface area (Å²) in [6.45, 7) is 2.67. The van der Waals surface area contributed by atoms with Crippen LogP contribution in [-0.4, -0.2) is 26.1 Å². The maximum atomic E-state index is 8.56. The molecule has 0 aliphatic heterocycles. The summed E-state index contributed by atoms with van der Waals surface area (Å²) in [6.07, 6.45) is 0. The molecule has 1 rings (SSSR count). The standard InChI is InChI=1S/C9H12BNO/c1-7-6-8(11-4-5-12)2-3-9(7)10/h2-3,6,11-12H,4-5H2,1H3. The predicted molar refractivity (Wildman–Crippen MR) is 52.1 cm³/mol. The smallest absolute Gasteiger partial charge is 0.114 e. The molecule has 2 radical (unpaired) electrons. The minimum atomic E-state index is 0.142. The fraction of sp³-hybridized carbons (Fsp3) is 0.333. The molecule has 0 saturated heterocycles. The molecule has 0 unspecified atom stereocenters. The minimum absolute atomic E-state index is 0.142. The molecule has 3 heteroatoms. The van der Waals surface area contributed by atoms with Gasteiger partial charge >= 0.3 is 0 Å². The third-order valence-electron chi connectivity index (χ3n) is 1.71. The number of nitrogens with one attached hydrogen (secondary N) is 1. The Morgan fingerprint density at radius 3 is 2.83 bits per heavy atom. The van der Waals surface area contributed by atoms with Gasteiger partial charge in [-0.15, -0.1) is 0 Å². The molecule has 0 amide bonds. The van der Waals surface area contributed by atoms with Gasteiger partial charge in [0.25, 0.3) is 0 Å². The van der Waals surface area contributed by atoms with E-state index in [0.29, 0.717) is 6.54 Å². The summed E-state index contributed by atoms with van der Waals surface area (Å²) >= 11 is 0. The average Bonchev–Trinajstić information content (AvgIpc) is 2.07. The maximum Gasteiger partial charge on any atom is 0.114 e. The van der Waals surface area contributed by atoms with E-state index in [-0.39, 0.29) is 6.61 Å². The number of rotatable bonds is 3. The summed E-state index contributed by atoms with van der Waals surface area (Å²) in [5.41, 5.74) is 2.85. The molecule has 0 bridgehead atoms. The third kappa shape index (κ3) is 2.27. The highest BCUT2D eigenvalue weighted by Gasteiger charge is 1.93. The topological polar surface area (TPSA) is 32.3 Å². The first-order chi connectivity index (χ1) is 5.74. The van der Waals surface area contributed by atoms with Crippen LogP contribution >= 0.6 is 0 Å². The summed E-state index contributed by atoms with van der Waals surface area (Å²) in [5, 5.41) is 11.6. The van der Waals surface area contributed by atoms with Crippen molar-refractivity contribution in [3.63, 3.8) is 0 Å². The van der Waals surface area contributed by atoms with E-state index in [1.165, 1.54) is 0 Å². The third-order valence-corrected chi connectivity index (χ3v) is 1.71. The molecule has 0 heterocycles. The zero-order valence-corrected chi connectivity index (χ0v) is 7.17. The van der Waals surface area contributed by atoms with Gasteiger partial charge in [0.2, 0.25) is 0 Å². The normalized spacial score (nSPS) is 9.83. The van der Waals surface area contributed by atoms with Crippen molar-refractivity contribution < 1.29 is 5.11 Å². The molecule has 2 nitrogen and oxygen atoms in total. The van der Waals surface area contributed by atoms with Gasteiger partial charge in [-0.1, -0.05) is 17.1 Å². The fourth-order valence-electron chi connectivity index (χ4n) is 0.986. The summed E-state index contributed by atoms with van der Waals surface area (Å²) in [6, 6.07) is 5.72. The zero-order chi connectivity index (χ0) is 8.97. The number of hydrogen-bond donors (Lipinski definition) is 2. The molecule has 1 aromatic rings. The molecular formula is C9H12BNO. The van der Waals surface area contributed by atoms with Crippen LogP contribution in [-0.2, 0) is 0 Å². The summed E-state index contributed by atoms with van der Waals surface area (Å²) < 4.78 is 0. The molecular weight excluding hydrogens is 149 g/mol. The first-order valence-electron chi connectivity index (χ1n) is 3.95. The molecule has 62 valence electrons. The Balaban J connectivity index is 2.69. The van der Waals surface area contributed by atoms with Crippen LogP contribution in [0.3, 0.4) is 0 Å². The molecule has 12 heavy (non-hydrogen) atoms. The Bertz CT molecular complexity index is 263. The van der Waals surface area contributed by atoms with E-state index < -0.39 is 0 Å². The fourth-order valence-corrected chi connectivity index (χ4v) is 0.986. The second kappa shape index (κ2) is 4.17. The lowest BCUT2D eigenvalue weighted by Crippen LogP contribution is -2.10. The van der Waals surface area contributed by atoms with Gasteiger partial charge in [0.15, 0.2) is 0 Å². The van der Waals surface area contributed by atoms with Crippen LogP contribution in [0.4, 0.5) is 5.69 Å². The van der Waals surface area contributed by atoms with Crippen molar-refractivity contribution in [1.82, 2.24) is 0 Å². The highest BCUT2D eigenvalue weighted by Crippen LogP contribution is 2.06. The van der Waals surface area contributed by atoms with Crippen LogP contribution < -0.4 is 10.8 Å². The van der Waals surface area contributed by atoms with Crippen molar-refractivity contribution >= 4 is 19.0 Å². The van der Waals surface area contributed by atoms with Crippen LogP contribution in [0, 0.1) is 6.92 Å². The van der Waals surface area contributed by atoms with Crippen molar-refractivity contribution in [2.24, 2.45) is 0 Å². The largest absolute Gasteiger partial charge is 0.395 e. The van der Waals surface area contributed by atoms with Crippen molar-refractivity contribution in [2.45, 2.75) is 6.92 Å². The van der Waals surface area contributed by atoms with Crippen LogP contribution in [0.2, 0.25) is 0 Å². The molecule has 0 aliphatic carbocycles. The maximum absolute atomic E-state index is 8.56. The van der Waals surface area contributed by atoms with Gasteiger partial charge in [-0.2, -0.15) is 0 Å². The lowest BCUT2D eigenvalue weighted by Gasteiger charge is -2.06. The van der Waals surface area contributed by atoms with E-state index in [9.17, 15) is 0 Å². The van der Waals surface area contributed by atoms with Gasteiger partial charge in [0.1, 0.15) is 7.85 Å². The molecule has 0 atom stereocenters. The van der Waals surface area contributed by atoms with Crippen LogP contribution in [0.5, 0.6) is 0 Å². The van der Waals surface area contributed by atoms with E-state index in [0.717, 1.165) is 16.7 Å². The average molecular weight is 161 g/mol. The summed E-state index contributed by atoms with van der Waals surface area (Å²) in [4.78, 5) is 0. The second-order valence-corrected chi connectivity index (χ2v) is 2.72. The van der Waals surface area contributed by atoms with Gasteiger partial charge < -0.3 is 10.4 Å². The first kappa shape index (κ1) is 9.14. The monoisotopic (exact) mass is 161 g/mol. The van der Waals surface area contributed by atoms with E-state index >= 15 is 0 Å². The van der Waals surface area contributed by atoms with Crippen LogP contribution in [0.1, 0.15) is 5.56 Å². The highest BCUT2D eigenvalue weighted by molar-refractivity contribution is 6.33. The SMILES string of the molecule is [B]c1ccc(NCCO)cc1C. The van der Waals surface area contributed by atoms with Crippen molar-refractivity contribution in [1.29, 1.82) is 0 Å². The lowest BCUT2D eigenvalue weighted by atomic mass is 9.91. The van der Waals surface area contributed by atoms with E-state index in [1.54, 1.807) is 0 Å². The predicted octanol–water partition coefficient (Wildman–Crippen LogP) is 0.193. The van der Waals surface area contributed by atoms with Crippen LogP contribution in [0.15, 0.2) is 18.2 Å². The minimum Gasteiger partial charge on any atom is -0.395 e. The highest BCUT2D eigenvalue weighted by atomic mass is 16.3. The molecule has 0 aromatic heterocycles. The van der Waals surface area contributed by atoms with E-state index in [2.05, 4.69) is 5.32 Å². The molecule has 0 spiro atoms. The van der Waals surface area contributed by atoms with E-state index in [4.69, 9.17) is 13.0 Å². The molecule has 0 saturated carbocycles. The number of aliphatic hydroxyl groups excluding tert-OH is 1. The molecule has 0 fully saturated rings. The lowest BCUT2D eigenvalue weighted by molar-refractivity contribution is 0.311. The van der Waals surface area contributed by atoms with Gasteiger partial charge in [0.05, 0.1) is 6.61 Å². The van der Waals surface area contributed by atoms with E-state index in [1.807, 2.05) is 25.1 Å². The number of aliphatic hydroxyl groups is 1. The van der Waals surface area contributed by atoms with Gasteiger partial charge in [-0.05, 0) is 19.1 Å². The van der Waals surface area contributed by atoms with Crippen molar-refractivity contribution in [2.75, 3.05) is 18.5 Å². The quantitative estimate of drug-likeness (QED) is 0.620. The number of hydrogen-bond acceptors (Lipinski definition) is 2. The van der Waals surface area contributed by atoms with Crippen molar-refractivity contribution in [3.05, 3.63) is 23.8 Å². The first-order valence-corrected chi connectivity index (χ1v) is 3.95. The molecule has 1 aromatic carbocycles. The van der Waals surface area contributed by atoms with Gasteiger partial charge in [0, 0.05) is 12.2 Å². The zero-order valence-electron chi connectivity index (χ0n) is 7.17. The number of anilines is 1. The molecule has 2 N–H and O–H groups in total. The van der Waals surface area contributed by atoms with Crippen LogP contribution in [0.25, 0.3) is 0 Å². The summed E-state index contributed by atoms with van der Waals surface area (Å²) in [7, 11) is 5.64. The number of aryl methyl sites for hydroxylation is 1.